The number of nitro benzene ring substituents is 1. The number of rotatable bonds is 5. The molecule has 1 N–H and O–H groups in total. The summed E-state index contributed by atoms with van der Waals surface area (Å²) in [5, 5.41) is 20.0. The molecule has 0 aliphatic rings. The van der Waals surface area contributed by atoms with E-state index in [1.54, 1.807) is 20.8 Å². The zero-order valence-electron chi connectivity index (χ0n) is 11.8. The molecule has 7 nitrogen and oxygen atoms in total. The van der Waals surface area contributed by atoms with Crippen molar-refractivity contribution in [2.24, 2.45) is 0 Å². The van der Waals surface area contributed by atoms with Crippen molar-refractivity contribution in [3.8, 4) is 0 Å². The summed E-state index contributed by atoms with van der Waals surface area (Å²) >= 11 is 0.876. The molecule has 0 unspecified atom stereocenters. The highest BCUT2D eigenvalue weighted by atomic mass is 32.2. The second-order valence-electron chi connectivity index (χ2n) is 5.09. The summed E-state index contributed by atoms with van der Waals surface area (Å²) in [6, 6.07) is 3.95. The topological polar surface area (TPSA) is 107 Å². The van der Waals surface area contributed by atoms with Gasteiger partial charge in [0.25, 0.3) is 5.69 Å². The van der Waals surface area contributed by atoms with Gasteiger partial charge in [-0.05, 0) is 32.9 Å². The lowest BCUT2D eigenvalue weighted by atomic mass is 10.2. The molecule has 8 heteroatoms. The summed E-state index contributed by atoms with van der Waals surface area (Å²) in [6.07, 6.45) is 0. The van der Waals surface area contributed by atoms with E-state index < -0.39 is 33.7 Å². The second kappa shape index (κ2) is 6.57. The highest BCUT2D eigenvalue weighted by molar-refractivity contribution is 8.00. The Kier molecular flexibility index (Phi) is 5.31. The van der Waals surface area contributed by atoms with Crippen molar-refractivity contribution >= 4 is 29.4 Å². The minimum atomic E-state index is -1.39. The normalized spacial score (nSPS) is 11.0. The van der Waals surface area contributed by atoms with Gasteiger partial charge in [0.1, 0.15) is 11.2 Å². The van der Waals surface area contributed by atoms with E-state index in [0.29, 0.717) is 0 Å². The third kappa shape index (κ3) is 5.07. The van der Waals surface area contributed by atoms with E-state index in [0.717, 1.165) is 17.8 Å². The highest BCUT2D eigenvalue weighted by Crippen LogP contribution is 2.32. The molecule has 0 aliphatic carbocycles. The predicted octanol–water partition coefficient (Wildman–Crippen LogP) is 2.73. The number of hydrogen-bond acceptors (Lipinski definition) is 6. The van der Waals surface area contributed by atoms with Gasteiger partial charge >= 0.3 is 11.9 Å². The number of aromatic carboxylic acids is 1. The summed E-state index contributed by atoms with van der Waals surface area (Å²) in [5.74, 6) is -2.05. The molecule has 0 saturated carbocycles. The Morgan fingerprint density at radius 1 is 1.38 bits per heavy atom. The fraction of sp³-hybridized carbons (Fsp3) is 0.385. The number of hydrogen-bond donors (Lipinski definition) is 1. The van der Waals surface area contributed by atoms with Crippen molar-refractivity contribution in [1.82, 2.24) is 0 Å². The number of esters is 1. The first kappa shape index (κ1) is 17.0. The lowest BCUT2D eigenvalue weighted by Crippen LogP contribution is -2.24. The Balaban J connectivity index is 2.94. The second-order valence-corrected chi connectivity index (χ2v) is 6.11. The Morgan fingerprint density at radius 3 is 2.48 bits per heavy atom. The number of benzene rings is 1. The van der Waals surface area contributed by atoms with Gasteiger partial charge in [-0.25, -0.2) is 4.79 Å². The maximum atomic E-state index is 11.6. The zero-order valence-corrected chi connectivity index (χ0v) is 12.6. The van der Waals surface area contributed by atoms with Gasteiger partial charge in [-0.1, -0.05) is 6.07 Å². The molecule has 0 fully saturated rings. The van der Waals surface area contributed by atoms with Crippen LogP contribution in [0.3, 0.4) is 0 Å². The largest absolute Gasteiger partial charge is 0.477 e. The summed E-state index contributed by atoms with van der Waals surface area (Å²) < 4.78 is 5.09. The average molecular weight is 313 g/mol. The highest BCUT2D eigenvalue weighted by Gasteiger charge is 2.25. The minimum Gasteiger partial charge on any atom is -0.477 e. The zero-order chi connectivity index (χ0) is 16.2. The van der Waals surface area contributed by atoms with Gasteiger partial charge in [0.05, 0.1) is 15.6 Å². The van der Waals surface area contributed by atoms with E-state index in [2.05, 4.69) is 0 Å². The number of nitro groups is 1. The van der Waals surface area contributed by atoms with Crippen LogP contribution in [0.2, 0.25) is 0 Å². The van der Waals surface area contributed by atoms with Gasteiger partial charge in [-0.3, -0.25) is 14.9 Å². The molecule has 0 bridgehead atoms. The Bertz CT molecular complexity index is 579. The van der Waals surface area contributed by atoms with Crippen molar-refractivity contribution in [3.05, 3.63) is 33.9 Å². The molecule has 0 heterocycles. The molecule has 0 spiro atoms. The van der Waals surface area contributed by atoms with Crippen LogP contribution in [0.15, 0.2) is 23.1 Å². The molecule has 21 heavy (non-hydrogen) atoms. The number of carboxylic acids is 1. The molecular formula is C13H15NO6S. The smallest absolute Gasteiger partial charge is 0.342 e. The molecule has 0 radical (unpaired) electrons. The minimum absolute atomic E-state index is 0.116. The van der Waals surface area contributed by atoms with Crippen molar-refractivity contribution in [3.63, 3.8) is 0 Å². The molecule has 1 aromatic carbocycles. The summed E-state index contributed by atoms with van der Waals surface area (Å²) in [7, 11) is 0. The predicted molar refractivity (Wildman–Crippen MR) is 76.6 cm³/mol. The maximum Gasteiger partial charge on any atom is 0.342 e. The van der Waals surface area contributed by atoms with Crippen LogP contribution in [0.25, 0.3) is 0 Å². The lowest BCUT2D eigenvalue weighted by molar-refractivity contribution is -0.388. The van der Waals surface area contributed by atoms with Crippen molar-refractivity contribution < 1.29 is 24.4 Å². The Hall–Kier alpha value is -2.09. The fourth-order valence-corrected chi connectivity index (χ4v) is 2.34. The van der Waals surface area contributed by atoms with Crippen LogP contribution < -0.4 is 0 Å². The van der Waals surface area contributed by atoms with E-state index in [1.165, 1.54) is 12.1 Å². The van der Waals surface area contributed by atoms with Crippen LogP contribution in [0, 0.1) is 10.1 Å². The Labute approximate surface area is 125 Å². The number of thioether (sulfide) groups is 1. The van der Waals surface area contributed by atoms with Gasteiger partial charge in [-0.2, -0.15) is 0 Å². The molecule has 0 aromatic heterocycles. The Morgan fingerprint density at radius 2 is 2.00 bits per heavy atom. The monoisotopic (exact) mass is 313 g/mol. The summed E-state index contributed by atoms with van der Waals surface area (Å²) in [5.41, 5.74) is -1.57. The van der Waals surface area contributed by atoms with E-state index in [4.69, 9.17) is 9.84 Å². The molecule has 0 saturated heterocycles. The molecule has 0 amide bonds. The molecule has 114 valence electrons. The SMILES string of the molecule is CC(C)(C)OC(=O)CSc1cccc(C(=O)O)c1[N+](=O)[O-]. The molecule has 1 rings (SSSR count). The van der Waals surface area contributed by atoms with E-state index >= 15 is 0 Å². The number of carboxylic acid groups (broad SMARTS) is 1. The van der Waals surface area contributed by atoms with Gasteiger partial charge in [0.2, 0.25) is 0 Å². The first-order chi connectivity index (χ1) is 9.61. The lowest BCUT2D eigenvalue weighted by Gasteiger charge is -2.19. The van der Waals surface area contributed by atoms with E-state index in [1.807, 2.05) is 0 Å². The van der Waals surface area contributed by atoms with Crippen molar-refractivity contribution in [2.45, 2.75) is 31.3 Å². The number of carbonyl (C=O) groups is 2. The first-order valence-electron chi connectivity index (χ1n) is 5.97. The van der Waals surface area contributed by atoms with E-state index in [-0.39, 0.29) is 10.6 Å². The standard InChI is InChI=1S/C13H15NO6S/c1-13(2,3)20-10(15)7-21-9-6-4-5-8(12(16)17)11(9)14(18)19/h4-6H,7H2,1-3H3,(H,16,17). The molecule has 0 atom stereocenters. The summed E-state index contributed by atoms with van der Waals surface area (Å²) in [4.78, 5) is 33.0. The van der Waals surface area contributed by atoms with Crippen LogP contribution in [-0.4, -0.2) is 33.3 Å². The number of carbonyl (C=O) groups excluding carboxylic acids is 1. The first-order valence-corrected chi connectivity index (χ1v) is 6.95. The van der Waals surface area contributed by atoms with Gasteiger partial charge in [-0.15, -0.1) is 11.8 Å². The van der Waals surface area contributed by atoms with Crippen LogP contribution in [0.1, 0.15) is 31.1 Å². The number of nitrogens with zero attached hydrogens (tertiary/aromatic N) is 1. The molecule has 0 aliphatic heterocycles. The molecular weight excluding hydrogens is 298 g/mol. The molecule has 1 aromatic rings. The van der Waals surface area contributed by atoms with Crippen LogP contribution in [0.4, 0.5) is 5.69 Å². The van der Waals surface area contributed by atoms with Crippen LogP contribution >= 0.6 is 11.8 Å². The van der Waals surface area contributed by atoms with Gasteiger partial charge in [0, 0.05) is 0 Å². The third-order valence-corrected chi connectivity index (χ3v) is 3.20. The van der Waals surface area contributed by atoms with Gasteiger partial charge < -0.3 is 9.84 Å². The van der Waals surface area contributed by atoms with E-state index in [9.17, 15) is 19.7 Å². The van der Waals surface area contributed by atoms with Crippen LogP contribution in [-0.2, 0) is 9.53 Å². The summed E-state index contributed by atoms with van der Waals surface area (Å²) in [6.45, 7) is 5.13. The number of para-hydroxylation sites is 1. The van der Waals surface area contributed by atoms with Gasteiger partial charge in [0.15, 0.2) is 0 Å². The fourth-order valence-electron chi connectivity index (χ4n) is 1.51. The van der Waals surface area contributed by atoms with Crippen molar-refractivity contribution in [1.29, 1.82) is 0 Å². The van der Waals surface area contributed by atoms with Crippen molar-refractivity contribution in [2.75, 3.05) is 5.75 Å². The van der Waals surface area contributed by atoms with Crippen LogP contribution in [0.5, 0.6) is 0 Å². The third-order valence-electron chi connectivity index (χ3n) is 2.18. The average Bonchev–Trinajstić information content (AvgIpc) is 2.33. The maximum absolute atomic E-state index is 11.6. The number of ether oxygens (including phenoxy) is 1. The quantitative estimate of drug-likeness (QED) is 0.385.